The second kappa shape index (κ2) is 7.65. The van der Waals surface area contributed by atoms with Gasteiger partial charge in [-0.2, -0.15) is 0 Å². The van der Waals surface area contributed by atoms with Crippen LogP contribution in [0.2, 0.25) is 0 Å². The molecular weight excluding hydrogens is 262 g/mol. The number of fused-ring (bicyclic) bond motifs is 2. The highest BCUT2D eigenvalue weighted by atomic mass is 35.5. The fourth-order valence-corrected chi connectivity index (χ4v) is 2.78. The molecule has 19 heavy (non-hydrogen) atoms. The molecule has 5 heteroatoms. The lowest BCUT2D eigenvalue weighted by atomic mass is 9.99. The SMILES string of the molecule is C/C=C(\N=C(/C)Cl)NC(=O)C1NC2CCC1C2.CC. The van der Waals surface area contributed by atoms with Crippen molar-refractivity contribution in [2.45, 2.75) is 59.0 Å². The van der Waals surface area contributed by atoms with Crippen LogP contribution in [0.3, 0.4) is 0 Å². The fraction of sp³-hybridized carbons (Fsp3) is 0.714. The number of carbonyl (C=O) groups is 1. The molecule has 3 unspecified atom stereocenters. The Balaban J connectivity index is 0.000000861. The fourth-order valence-electron chi connectivity index (χ4n) is 2.68. The summed E-state index contributed by atoms with van der Waals surface area (Å²) < 4.78 is 0. The van der Waals surface area contributed by atoms with E-state index in [1.54, 1.807) is 13.0 Å². The molecule has 1 aliphatic carbocycles. The molecule has 0 aromatic heterocycles. The van der Waals surface area contributed by atoms with E-state index in [9.17, 15) is 4.79 Å². The van der Waals surface area contributed by atoms with Gasteiger partial charge < -0.3 is 10.6 Å². The molecule has 1 aliphatic heterocycles. The molecule has 3 atom stereocenters. The second-order valence-corrected chi connectivity index (χ2v) is 5.23. The number of halogens is 1. The van der Waals surface area contributed by atoms with Crippen LogP contribution in [0.1, 0.15) is 47.0 Å². The van der Waals surface area contributed by atoms with Gasteiger partial charge >= 0.3 is 0 Å². The molecule has 2 rings (SSSR count). The smallest absolute Gasteiger partial charge is 0.242 e. The number of carbonyl (C=O) groups excluding carboxylic acids is 1. The quantitative estimate of drug-likeness (QED) is 0.784. The van der Waals surface area contributed by atoms with Crippen LogP contribution >= 0.6 is 11.6 Å². The first-order valence-electron chi connectivity index (χ1n) is 7.04. The minimum Gasteiger partial charge on any atom is -0.310 e. The predicted octanol–water partition coefficient (Wildman–Crippen LogP) is 2.79. The molecule has 4 nitrogen and oxygen atoms in total. The third-order valence-electron chi connectivity index (χ3n) is 3.44. The van der Waals surface area contributed by atoms with Crippen molar-refractivity contribution in [2.24, 2.45) is 10.9 Å². The first-order valence-corrected chi connectivity index (χ1v) is 7.42. The number of hydrogen-bond acceptors (Lipinski definition) is 3. The number of amides is 1. The van der Waals surface area contributed by atoms with Crippen molar-refractivity contribution in [3.05, 3.63) is 11.9 Å². The Kier molecular flexibility index (Phi) is 6.52. The highest BCUT2D eigenvalue weighted by Crippen LogP contribution is 2.35. The van der Waals surface area contributed by atoms with Crippen LogP contribution in [0.5, 0.6) is 0 Å². The van der Waals surface area contributed by atoms with Crippen molar-refractivity contribution in [2.75, 3.05) is 0 Å². The average molecular weight is 286 g/mol. The van der Waals surface area contributed by atoms with Crippen molar-refractivity contribution in [1.82, 2.24) is 10.6 Å². The molecule has 2 fully saturated rings. The minimum atomic E-state index is -0.0606. The molecule has 0 aromatic carbocycles. The topological polar surface area (TPSA) is 53.5 Å². The normalized spacial score (nSPS) is 29.8. The number of nitrogens with one attached hydrogen (secondary N) is 2. The van der Waals surface area contributed by atoms with Gasteiger partial charge in [0.25, 0.3) is 0 Å². The maximum Gasteiger partial charge on any atom is 0.242 e. The Labute approximate surface area is 120 Å². The van der Waals surface area contributed by atoms with Crippen molar-refractivity contribution < 1.29 is 4.79 Å². The van der Waals surface area contributed by atoms with Gasteiger partial charge in [-0.05, 0) is 45.1 Å². The Bertz CT molecular complexity index is 375. The summed E-state index contributed by atoms with van der Waals surface area (Å²) in [5.74, 6) is 1.01. The molecule has 1 amide bonds. The second-order valence-electron chi connectivity index (χ2n) is 4.69. The molecule has 2 N–H and O–H groups in total. The monoisotopic (exact) mass is 285 g/mol. The number of nitrogens with zero attached hydrogens (tertiary/aromatic N) is 1. The summed E-state index contributed by atoms with van der Waals surface area (Å²) in [6.07, 6.45) is 5.22. The number of aliphatic imine (C=N–C) groups is 1. The third-order valence-corrected chi connectivity index (χ3v) is 3.53. The van der Waals surface area contributed by atoms with Crippen LogP contribution in [-0.4, -0.2) is 23.2 Å². The van der Waals surface area contributed by atoms with Crippen molar-refractivity contribution in [1.29, 1.82) is 0 Å². The van der Waals surface area contributed by atoms with Crippen LogP contribution in [-0.2, 0) is 4.79 Å². The van der Waals surface area contributed by atoms with Crippen LogP contribution in [0.4, 0.5) is 0 Å². The van der Waals surface area contributed by atoms with Crippen LogP contribution in [0.25, 0.3) is 0 Å². The van der Waals surface area contributed by atoms with Crippen LogP contribution < -0.4 is 10.6 Å². The van der Waals surface area contributed by atoms with Crippen LogP contribution in [0, 0.1) is 5.92 Å². The summed E-state index contributed by atoms with van der Waals surface area (Å²) in [5, 5.41) is 6.58. The Morgan fingerprint density at radius 2 is 2.11 bits per heavy atom. The molecule has 2 bridgehead atoms. The predicted molar refractivity (Wildman–Crippen MR) is 80.3 cm³/mol. The highest BCUT2D eigenvalue weighted by Gasteiger charge is 2.42. The van der Waals surface area contributed by atoms with E-state index >= 15 is 0 Å². The Hall–Kier alpha value is -0.870. The van der Waals surface area contributed by atoms with Gasteiger partial charge in [-0.15, -0.1) is 0 Å². The number of allylic oxidation sites excluding steroid dienone is 1. The van der Waals surface area contributed by atoms with E-state index in [4.69, 9.17) is 11.6 Å². The summed E-state index contributed by atoms with van der Waals surface area (Å²) in [6, 6.07) is 0.470. The largest absolute Gasteiger partial charge is 0.310 e. The van der Waals surface area contributed by atoms with Crippen molar-refractivity contribution in [3.63, 3.8) is 0 Å². The van der Waals surface area contributed by atoms with E-state index in [1.807, 2.05) is 20.8 Å². The third kappa shape index (κ3) is 4.32. The molecule has 108 valence electrons. The lowest BCUT2D eigenvalue weighted by Gasteiger charge is -2.22. The lowest BCUT2D eigenvalue weighted by Crippen LogP contribution is -2.47. The van der Waals surface area contributed by atoms with Gasteiger partial charge in [0, 0.05) is 6.04 Å². The zero-order chi connectivity index (χ0) is 14.4. The summed E-state index contributed by atoms with van der Waals surface area (Å²) in [5.41, 5.74) is 0. The van der Waals surface area contributed by atoms with E-state index in [2.05, 4.69) is 15.6 Å². The van der Waals surface area contributed by atoms with Gasteiger partial charge in [-0.25, -0.2) is 4.99 Å². The number of hydrogen-bond donors (Lipinski definition) is 2. The Morgan fingerprint density at radius 1 is 1.42 bits per heavy atom. The average Bonchev–Trinajstić information content (AvgIpc) is 3.02. The summed E-state index contributed by atoms with van der Waals surface area (Å²) in [6.45, 7) is 7.51. The van der Waals surface area contributed by atoms with E-state index in [1.165, 1.54) is 6.42 Å². The van der Waals surface area contributed by atoms with Gasteiger partial charge in [0.15, 0.2) is 0 Å². The van der Waals surface area contributed by atoms with Gasteiger partial charge in [0.2, 0.25) is 5.91 Å². The maximum atomic E-state index is 12.1. The first-order chi connectivity index (χ1) is 9.10. The van der Waals surface area contributed by atoms with Gasteiger partial charge in [0.1, 0.15) is 11.0 Å². The van der Waals surface area contributed by atoms with Crippen molar-refractivity contribution in [3.8, 4) is 0 Å². The van der Waals surface area contributed by atoms with E-state index in [0.29, 0.717) is 23.0 Å². The zero-order valence-electron chi connectivity index (χ0n) is 12.2. The van der Waals surface area contributed by atoms with Gasteiger partial charge in [-0.1, -0.05) is 25.4 Å². The molecule has 0 radical (unpaired) electrons. The zero-order valence-corrected chi connectivity index (χ0v) is 12.9. The van der Waals surface area contributed by atoms with Gasteiger partial charge in [0.05, 0.1) is 6.04 Å². The molecule has 1 saturated heterocycles. The lowest BCUT2D eigenvalue weighted by molar-refractivity contribution is -0.123. The van der Waals surface area contributed by atoms with E-state index < -0.39 is 0 Å². The molecule has 2 aliphatic rings. The van der Waals surface area contributed by atoms with Crippen molar-refractivity contribution >= 4 is 22.7 Å². The highest BCUT2D eigenvalue weighted by molar-refractivity contribution is 6.64. The minimum absolute atomic E-state index is 0.00645. The van der Waals surface area contributed by atoms with E-state index in [0.717, 1.165) is 12.8 Å². The molecule has 1 saturated carbocycles. The van der Waals surface area contributed by atoms with Crippen LogP contribution in [0.15, 0.2) is 16.9 Å². The maximum absolute atomic E-state index is 12.1. The molecule has 0 spiro atoms. The standard InChI is InChI=1S/C12H18ClN3O.C2H6/c1-3-10(14-7(2)13)16-12(17)11-8-4-5-9(6-8)15-11;1-2/h3,8-9,11,15H,4-6H2,1-2H3,(H,16,17);1-2H3/b10-3+,14-7+;. The summed E-state index contributed by atoms with van der Waals surface area (Å²) in [7, 11) is 0. The Morgan fingerprint density at radius 3 is 2.53 bits per heavy atom. The summed E-state index contributed by atoms with van der Waals surface area (Å²) >= 11 is 5.70. The number of piperidine rings is 1. The molecular formula is C14H24ClN3O. The molecule has 0 aromatic rings. The summed E-state index contributed by atoms with van der Waals surface area (Å²) in [4.78, 5) is 16.1. The first kappa shape index (κ1) is 16.2. The van der Waals surface area contributed by atoms with Gasteiger partial charge in [-0.3, -0.25) is 4.79 Å². The van der Waals surface area contributed by atoms with E-state index in [-0.39, 0.29) is 11.9 Å². The number of rotatable bonds is 3. The molecule has 1 heterocycles.